The summed E-state index contributed by atoms with van der Waals surface area (Å²) in [5.74, 6) is -0.374. The van der Waals surface area contributed by atoms with Crippen molar-refractivity contribution in [1.29, 1.82) is 0 Å². The van der Waals surface area contributed by atoms with E-state index >= 15 is 0 Å². The first kappa shape index (κ1) is 16.0. The number of carbonyl (C=O) groups is 2. The molecular weight excluding hydrogens is 334 g/mol. The van der Waals surface area contributed by atoms with Crippen molar-refractivity contribution in [3.05, 3.63) is 28.2 Å². The topological polar surface area (TPSA) is 52.7 Å². The summed E-state index contributed by atoms with van der Waals surface area (Å²) in [7, 11) is 2.03. The Balaban J connectivity index is 1.86. The number of benzene rings is 1. The van der Waals surface area contributed by atoms with Gasteiger partial charge in [-0.25, -0.2) is 0 Å². The normalized spacial score (nSPS) is 15.9. The Morgan fingerprint density at radius 2 is 1.90 bits per heavy atom. The van der Waals surface area contributed by atoms with Crippen LogP contribution in [0, 0.1) is 6.92 Å². The highest BCUT2D eigenvalue weighted by atomic mass is 79.9. The van der Waals surface area contributed by atoms with Gasteiger partial charge in [0.1, 0.15) is 6.42 Å². The van der Waals surface area contributed by atoms with Crippen LogP contribution >= 0.6 is 15.9 Å². The van der Waals surface area contributed by atoms with E-state index in [1.165, 1.54) is 0 Å². The molecule has 1 aliphatic heterocycles. The van der Waals surface area contributed by atoms with Gasteiger partial charge in [0.2, 0.25) is 11.8 Å². The second-order valence-corrected chi connectivity index (χ2v) is 6.23. The second-order valence-electron chi connectivity index (χ2n) is 5.37. The minimum Gasteiger partial charge on any atom is -0.340 e. The first-order valence-electron chi connectivity index (χ1n) is 6.98. The summed E-state index contributed by atoms with van der Waals surface area (Å²) < 4.78 is 0.936. The monoisotopic (exact) mass is 353 g/mol. The van der Waals surface area contributed by atoms with E-state index in [2.05, 4.69) is 26.1 Å². The fourth-order valence-corrected chi connectivity index (χ4v) is 2.56. The molecule has 114 valence electrons. The third-order valence-corrected chi connectivity index (χ3v) is 4.48. The van der Waals surface area contributed by atoms with Gasteiger partial charge < -0.3 is 15.1 Å². The molecule has 0 bridgehead atoms. The van der Waals surface area contributed by atoms with Crippen molar-refractivity contribution in [2.24, 2.45) is 0 Å². The average Bonchev–Trinajstić information content (AvgIpc) is 2.43. The summed E-state index contributed by atoms with van der Waals surface area (Å²) >= 11 is 3.42. The number of halogens is 1. The Bertz CT molecular complexity index is 540. The van der Waals surface area contributed by atoms with Gasteiger partial charge >= 0.3 is 0 Å². The number of nitrogens with zero attached hydrogens (tertiary/aromatic N) is 2. The number of amides is 2. The van der Waals surface area contributed by atoms with Crippen LogP contribution in [0.2, 0.25) is 0 Å². The van der Waals surface area contributed by atoms with E-state index in [1.807, 2.05) is 32.2 Å². The van der Waals surface area contributed by atoms with Crippen molar-refractivity contribution in [3.63, 3.8) is 0 Å². The third-order valence-electron chi connectivity index (χ3n) is 3.62. The lowest BCUT2D eigenvalue weighted by molar-refractivity contribution is -0.135. The predicted molar refractivity (Wildman–Crippen MR) is 86.2 cm³/mol. The summed E-state index contributed by atoms with van der Waals surface area (Å²) in [5, 5.41) is 2.76. The maximum Gasteiger partial charge on any atom is 0.233 e. The van der Waals surface area contributed by atoms with Crippen molar-refractivity contribution in [3.8, 4) is 0 Å². The van der Waals surface area contributed by atoms with Crippen molar-refractivity contribution >= 4 is 33.4 Å². The van der Waals surface area contributed by atoms with Crippen LogP contribution < -0.4 is 5.32 Å². The third kappa shape index (κ3) is 4.54. The molecule has 1 fully saturated rings. The number of aryl methyl sites for hydroxylation is 1. The summed E-state index contributed by atoms with van der Waals surface area (Å²) in [6, 6.07) is 5.59. The molecule has 1 aromatic rings. The molecule has 1 N–H and O–H groups in total. The van der Waals surface area contributed by atoms with Gasteiger partial charge in [-0.2, -0.15) is 0 Å². The molecule has 1 aliphatic rings. The highest BCUT2D eigenvalue weighted by Gasteiger charge is 2.21. The molecule has 5 nitrogen and oxygen atoms in total. The van der Waals surface area contributed by atoms with Crippen LogP contribution in [0.25, 0.3) is 0 Å². The number of hydrogen-bond donors (Lipinski definition) is 1. The Hall–Kier alpha value is -1.40. The zero-order valence-electron chi connectivity index (χ0n) is 12.4. The molecule has 0 saturated carbocycles. The zero-order chi connectivity index (χ0) is 15.4. The molecule has 1 saturated heterocycles. The van der Waals surface area contributed by atoms with Gasteiger partial charge in [-0.05, 0) is 31.7 Å². The molecule has 0 spiro atoms. The van der Waals surface area contributed by atoms with Gasteiger partial charge in [0.15, 0.2) is 0 Å². The fraction of sp³-hybridized carbons (Fsp3) is 0.467. The maximum absolute atomic E-state index is 12.1. The summed E-state index contributed by atoms with van der Waals surface area (Å²) in [5.41, 5.74) is 1.80. The molecule has 1 aromatic carbocycles. The van der Waals surface area contributed by atoms with Crippen molar-refractivity contribution < 1.29 is 9.59 Å². The largest absolute Gasteiger partial charge is 0.340 e. The number of rotatable bonds is 3. The molecule has 0 aromatic heterocycles. The van der Waals surface area contributed by atoms with E-state index in [9.17, 15) is 9.59 Å². The summed E-state index contributed by atoms with van der Waals surface area (Å²) in [6.45, 7) is 5.08. The summed E-state index contributed by atoms with van der Waals surface area (Å²) in [6.07, 6.45) is -0.102. The highest BCUT2D eigenvalue weighted by Crippen LogP contribution is 2.20. The first-order valence-corrected chi connectivity index (χ1v) is 7.77. The molecule has 2 amide bonds. The minimum atomic E-state index is -0.269. The van der Waals surface area contributed by atoms with Crippen molar-refractivity contribution in [2.75, 3.05) is 38.5 Å². The van der Waals surface area contributed by atoms with Gasteiger partial charge in [-0.3, -0.25) is 9.59 Å². The van der Waals surface area contributed by atoms with Crippen LogP contribution in [0.15, 0.2) is 22.7 Å². The minimum absolute atomic E-state index is 0.102. The second kappa shape index (κ2) is 7.04. The highest BCUT2D eigenvalue weighted by molar-refractivity contribution is 9.10. The predicted octanol–water partition coefficient (Wildman–Crippen LogP) is 1.86. The fourth-order valence-electron chi connectivity index (χ4n) is 2.18. The number of carbonyl (C=O) groups excluding carboxylic acids is 2. The molecule has 1 heterocycles. The number of likely N-dealkylation sites (N-methyl/N-ethyl adjacent to an activating group) is 1. The number of anilines is 1. The quantitative estimate of drug-likeness (QED) is 0.843. The van der Waals surface area contributed by atoms with E-state index in [4.69, 9.17) is 0 Å². The van der Waals surface area contributed by atoms with Crippen molar-refractivity contribution in [1.82, 2.24) is 9.80 Å². The Morgan fingerprint density at radius 1 is 1.24 bits per heavy atom. The molecule has 0 unspecified atom stereocenters. The molecular formula is C15H20BrN3O2. The summed E-state index contributed by atoms with van der Waals surface area (Å²) in [4.78, 5) is 27.9. The van der Waals surface area contributed by atoms with Crippen LogP contribution in [0.4, 0.5) is 5.69 Å². The molecule has 0 atom stereocenters. The zero-order valence-corrected chi connectivity index (χ0v) is 13.9. The van der Waals surface area contributed by atoms with E-state index in [0.29, 0.717) is 18.8 Å². The van der Waals surface area contributed by atoms with Crippen molar-refractivity contribution in [2.45, 2.75) is 13.3 Å². The standard InChI is InChI=1S/C15H20BrN3O2/c1-11-3-4-12(9-13(11)16)17-14(20)10-15(21)19-7-5-18(2)6-8-19/h3-4,9H,5-8,10H2,1-2H3,(H,17,20). The SMILES string of the molecule is Cc1ccc(NC(=O)CC(=O)N2CCN(C)CC2)cc1Br. The number of piperazine rings is 1. The maximum atomic E-state index is 12.1. The van der Waals surface area contributed by atoms with Crippen LogP contribution in [0.5, 0.6) is 0 Å². The number of hydrogen-bond acceptors (Lipinski definition) is 3. The lowest BCUT2D eigenvalue weighted by Crippen LogP contribution is -2.47. The average molecular weight is 354 g/mol. The van der Waals surface area contributed by atoms with E-state index in [1.54, 1.807) is 4.90 Å². The smallest absolute Gasteiger partial charge is 0.233 e. The van der Waals surface area contributed by atoms with Gasteiger partial charge in [0.25, 0.3) is 0 Å². The Labute approximate surface area is 133 Å². The van der Waals surface area contributed by atoms with E-state index < -0.39 is 0 Å². The van der Waals surface area contributed by atoms with Crippen LogP contribution in [0.1, 0.15) is 12.0 Å². The van der Waals surface area contributed by atoms with Gasteiger partial charge in [-0.15, -0.1) is 0 Å². The lowest BCUT2D eigenvalue weighted by Gasteiger charge is -2.32. The Kier molecular flexibility index (Phi) is 5.36. The van der Waals surface area contributed by atoms with Gasteiger partial charge in [-0.1, -0.05) is 22.0 Å². The first-order chi connectivity index (χ1) is 9.95. The van der Waals surface area contributed by atoms with Gasteiger partial charge in [0, 0.05) is 36.3 Å². The molecule has 0 aliphatic carbocycles. The van der Waals surface area contributed by atoms with Crippen LogP contribution in [-0.2, 0) is 9.59 Å². The Morgan fingerprint density at radius 3 is 2.52 bits per heavy atom. The lowest BCUT2D eigenvalue weighted by atomic mass is 10.2. The van der Waals surface area contributed by atoms with E-state index in [0.717, 1.165) is 23.1 Å². The van der Waals surface area contributed by atoms with Crippen LogP contribution in [-0.4, -0.2) is 54.8 Å². The molecule has 21 heavy (non-hydrogen) atoms. The van der Waals surface area contributed by atoms with Crippen LogP contribution in [0.3, 0.4) is 0 Å². The molecule has 2 rings (SSSR count). The van der Waals surface area contributed by atoms with E-state index in [-0.39, 0.29) is 18.2 Å². The molecule has 6 heteroatoms. The number of nitrogens with one attached hydrogen (secondary N) is 1. The molecule has 0 radical (unpaired) electrons. The van der Waals surface area contributed by atoms with Gasteiger partial charge in [0.05, 0.1) is 0 Å².